The first-order valence-corrected chi connectivity index (χ1v) is 8.12. The molecule has 0 spiro atoms. The smallest absolute Gasteiger partial charge is 0.241 e. The van der Waals surface area contributed by atoms with Crippen molar-refractivity contribution in [3.63, 3.8) is 0 Å². The maximum atomic E-state index is 12.9. The number of likely N-dealkylation sites (tertiary alicyclic amines) is 1. The van der Waals surface area contributed by atoms with Gasteiger partial charge in [0.2, 0.25) is 5.91 Å². The summed E-state index contributed by atoms with van der Waals surface area (Å²) in [6.45, 7) is 5.98. The van der Waals surface area contributed by atoms with E-state index in [-0.39, 0.29) is 11.9 Å². The summed E-state index contributed by atoms with van der Waals surface area (Å²) in [7, 11) is 6.06. The van der Waals surface area contributed by atoms with Crippen LogP contribution in [0.25, 0.3) is 0 Å². The number of benzene rings is 1. The normalized spacial score (nSPS) is 26.2. The largest absolute Gasteiger partial charge is 0.308 e. The number of nitrogens with zero attached hydrogens (tertiary/aromatic N) is 3. The van der Waals surface area contributed by atoms with Crippen molar-refractivity contribution < 1.29 is 4.79 Å². The Morgan fingerprint density at radius 1 is 1.23 bits per heavy atom. The number of carbonyl (C=O) groups is 1. The number of hydrogen-bond donors (Lipinski definition) is 0. The molecule has 1 aromatic carbocycles. The van der Waals surface area contributed by atoms with E-state index in [0.29, 0.717) is 18.5 Å². The fourth-order valence-electron chi connectivity index (χ4n) is 3.33. The van der Waals surface area contributed by atoms with Gasteiger partial charge in [0.25, 0.3) is 0 Å². The summed E-state index contributed by atoms with van der Waals surface area (Å²) in [6.07, 6.45) is 1.02. The minimum atomic E-state index is 0.185. The molecule has 0 bridgehead atoms. The van der Waals surface area contributed by atoms with Crippen molar-refractivity contribution in [2.75, 3.05) is 39.1 Å². The minimum absolute atomic E-state index is 0.185. The minimum Gasteiger partial charge on any atom is -0.308 e. The van der Waals surface area contributed by atoms with Crippen LogP contribution >= 0.6 is 0 Å². The summed E-state index contributed by atoms with van der Waals surface area (Å²) in [6, 6.07) is 10.9. The highest BCUT2D eigenvalue weighted by Crippen LogP contribution is 2.29. The third-order valence-corrected chi connectivity index (χ3v) is 4.65. The molecular weight excluding hydrogens is 274 g/mol. The highest BCUT2D eigenvalue weighted by atomic mass is 16.2. The predicted octanol–water partition coefficient (Wildman–Crippen LogP) is 2.31. The Morgan fingerprint density at radius 2 is 1.86 bits per heavy atom. The number of anilines is 1. The Balaban J connectivity index is 2.30. The van der Waals surface area contributed by atoms with Crippen molar-refractivity contribution in [1.29, 1.82) is 0 Å². The van der Waals surface area contributed by atoms with E-state index in [0.717, 1.165) is 18.7 Å². The zero-order chi connectivity index (χ0) is 16.3. The molecule has 4 nitrogen and oxygen atoms in total. The monoisotopic (exact) mass is 303 g/mol. The van der Waals surface area contributed by atoms with Gasteiger partial charge in [-0.1, -0.05) is 25.1 Å². The summed E-state index contributed by atoms with van der Waals surface area (Å²) in [4.78, 5) is 19.2. The van der Waals surface area contributed by atoms with Crippen LogP contribution < -0.4 is 4.90 Å². The van der Waals surface area contributed by atoms with Crippen LogP contribution in [0.1, 0.15) is 20.3 Å². The maximum absolute atomic E-state index is 12.9. The Hall–Kier alpha value is -1.39. The average Bonchev–Trinajstić information content (AvgIpc) is 2.45. The van der Waals surface area contributed by atoms with Crippen LogP contribution in [-0.2, 0) is 4.79 Å². The molecule has 3 atom stereocenters. The number of carbonyl (C=O) groups excluding carboxylic acids is 1. The van der Waals surface area contributed by atoms with E-state index in [2.05, 4.69) is 25.8 Å². The average molecular weight is 303 g/mol. The maximum Gasteiger partial charge on any atom is 0.241 e. The molecule has 1 heterocycles. The van der Waals surface area contributed by atoms with E-state index in [1.807, 2.05) is 54.2 Å². The second kappa shape index (κ2) is 7.25. The third kappa shape index (κ3) is 3.87. The van der Waals surface area contributed by atoms with E-state index in [1.165, 1.54) is 0 Å². The van der Waals surface area contributed by atoms with Crippen LogP contribution in [0.15, 0.2) is 30.3 Å². The summed E-state index contributed by atoms with van der Waals surface area (Å²) >= 11 is 0. The predicted molar refractivity (Wildman–Crippen MR) is 92.1 cm³/mol. The van der Waals surface area contributed by atoms with Crippen molar-refractivity contribution in [2.24, 2.45) is 5.92 Å². The molecule has 0 saturated carbocycles. The molecule has 22 heavy (non-hydrogen) atoms. The molecule has 3 unspecified atom stereocenters. The van der Waals surface area contributed by atoms with Crippen LogP contribution in [0.5, 0.6) is 0 Å². The quantitative estimate of drug-likeness (QED) is 0.854. The van der Waals surface area contributed by atoms with Crippen molar-refractivity contribution in [2.45, 2.75) is 32.4 Å². The number of piperidine rings is 1. The molecule has 4 heteroatoms. The molecule has 0 N–H and O–H groups in total. The first-order chi connectivity index (χ1) is 10.4. The SMILES string of the molecule is CC1CN(C)C(C)CC1N(C(=O)CN(C)C)c1ccccc1. The summed E-state index contributed by atoms with van der Waals surface area (Å²) in [5.41, 5.74) is 1.02. The van der Waals surface area contributed by atoms with Crippen molar-refractivity contribution in [1.82, 2.24) is 9.80 Å². The Bertz CT molecular complexity index is 488. The van der Waals surface area contributed by atoms with E-state index in [1.54, 1.807) is 0 Å². The molecule has 1 aromatic rings. The van der Waals surface area contributed by atoms with Gasteiger partial charge in [0.1, 0.15) is 0 Å². The first kappa shape index (κ1) is 17.0. The molecule has 0 aliphatic carbocycles. The molecule has 2 rings (SSSR count). The van der Waals surface area contributed by atoms with Crippen molar-refractivity contribution >= 4 is 11.6 Å². The van der Waals surface area contributed by atoms with E-state index >= 15 is 0 Å². The molecule has 1 fully saturated rings. The number of hydrogen-bond acceptors (Lipinski definition) is 3. The fraction of sp³-hybridized carbons (Fsp3) is 0.611. The Labute approximate surface area is 134 Å². The van der Waals surface area contributed by atoms with E-state index in [4.69, 9.17) is 0 Å². The first-order valence-electron chi connectivity index (χ1n) is 8.12. The molecule has 1 aliphatic heterocycles. The Kier molecular flexibility index (Phi) is 5.59. The fourth-order valence-corrected chi connectivity index (χ4v) is 3.33. The van der Waals surface area contributed by atoms with Crippen molar-refractivity contribution in [3.05, 3.63) is 30.3 Å². The van der Waals surface area contributed by atoms with Gasteiger partial charge in [-0.3, -0.25) is 4.79 Å². The van der Waals surface area contributed by atoms with Crippen LogP contribution in [-0.4, -0.2) is 62.0 Å². The van der Waals surface area contributed by atoms with E-state index < -0.39 is 0 Å². The van der Waals surface area contributed by atoms with Crippen LogP contribution in [0.4, 0.5) is 5.69 Å². The van der Waals surface area contributed by atoms with Crippen molar-refractivity contribution in [3.8, 4) is 0 Å². The van der Waals surface area contributed by atoms with Gasteiger partial charge in [-0.05, 0) is 52.5 Å². The number of likely N-dealkylation sites (N-methyl/N-ethyl adjacent to an activating group) is 1. The summed E-state index contributed by atoms with van der Waals surface area (Å²) in [5, 5.41) is 0. The third-order valence-electron chi connectivity index (χ3n) is 4.65. The number of amides is 1. The molecule has 1 saturated heterocycles. The molecule has 122 valence electrons. The molecule has 1 aliphatic rings. The van der Waals surface area contributed by atoms with Crippen LogP contribution in [0, 0.1) is 5.92 Å². The highest BCUT2D eigenvalue weighted by molar-refractivity contribution is 5.95. The van der Waals surface area contributed by atoms with Gasteiger partial charge in [-0.15, -0.1) is 0 Å². The lowest BCUT2D eigenvalue weighted by atomic mass is 9.88. The van der Waals surface area contributed by atoms with Gasteiger partial charge in [-0.2, -0.15) is 0 Å². The topological polar surface area (TPSA) is 26.8 Å². The lowest BCUT2D eigenvalue weighted by Crippen LogP contribution is -2.55. The second-order valence-electron chi connectivity index (χ2n) is 6.91. The lowest BCUT2D eigenvalue weighted by Gasteiger charge is -2.45. The van der Waals surface area contributed by atoms with Gasteiger partial charge in [0, 0.05) is 24.3 Å². The summed E-state index contributed by atoms with van der Waals surface area (Å²) < 4.78 is 0. The number of rotatable bonds is 4. The standard InChI is InChI=1S/C18H29N3O/c1-14-12-20(5)15(2)11-17(14)21(18(22)13-19(3)4)16-9-7-6-8-10-16/h6-10,14-15,17H,11-13H2,1-5H3. The summed E-state index contributed by atoms with van der Waals surface area (Å²) in [5.74, 6) is 0.650. The van der Waals surface area contributed by atoms with Gasteiger partial charge < -0.3 is 14.7 Å². The number of para-hydroxylation sites is 1. The molecule has 0 radical (unpaired) electrons. The molecular formula is C18H29N3O. The van der Waals surface area contributed by atoms with Gasteiger partial charge in [0.05, 0.1) is 6.54 Å². The second-order valence-corrected chi connectivity index (χ2v) is 6.91. The van der Waals surface area contributed by atoms with E-state index in [9.17, 15) is 4.79 Å². The van der Waals surface area contributed by atoms with Gasteiger partial charge >= 0.3 is 0 Å². The Morgan fingerprint density at radius 3 is 2.45 bits per heavy atom. The van der Waals surface area contributed by atoms with Gasteiger partial charge in [-0.25, -0.2) is 0 Å². The zero-order valence-electron chi connectivity index (χ0n) is 14.5. The zero-order valence-corrected chi connectivity index (χ0v) is 14.5. The molecule has 1 amide bonds. The lowest BCUT2D eigenvalue weighted by molar-refractivity contribution is -0.120. The molecule has 0 aromatic heterocycles. The highest BCUT2D eigenvalue weighted by Gasteiger charge is 2.35. The van der Waals surface area contributed by atoms with Crippen LogP contribution in [0.2, 0.25) is 0 Å². The van der Waals surface area contributed by atoms with Gasteiger partial charge in [0.15, 0.2) is 0 Å². The van der Waals surface area contributed by atoms with Crippen LogP contribution in [0.3, 0.4) is 0 Å².